The average Bonchev–Trinajstić information content (AvgIpc) is 3.21. The summed E-state index contributed by atoms with van der Waals surface area (Å²) in [6, 6.07) is 22.1. The van der Waals surface area contributed by atoms with Crippen molar-refractivity contribution in [3.05, 3.63) is 88.8 Å². The molecule has 39 heavy (non-hydrogen) atoms. The first-order valence-electron chi connectivity index (χ1n) is 12.6. The maximum absolute atomic E-state index is 13.2. The number of benzene rings is 3. The van der Waals surface area contributed by atoms with E-state index in [1.165, 1.54) is 11.8 Å². The van der Waals surface area contributed by atoms with E-state index in [2.05, 4.69) is 5.32 Å². The topological polar surface area (TPSA) is 77.1 Å². The van der Waals surface area contributed by atoms with E-state index in [0.29, 0.717) is 39.6 Å². The summed E-state index contributed by atoms with van der Waals surface area (Å²) in [5.41, 5.74) is 2.42. The molecule has 3 aromatic carbocycles. The molecule has 0 spiro atoms. The largest absolute Gasteiger partial charge is 0.494 e. The minimum Gasteiger partial charge on any atom is -0.494 e. The van der Waals surface area contributed by atoms with Gasteiger partial charge in [-0.3, -0.25) is 14.5 Å². The molecule has 0 bridgehead atoms. The second-order valence-corrected chi connectivity index (χ2v) is 10.2. The molecule has 0 aliphatic carbocycles. The molecule has 2 amide bonds. The normalized spacial score (nSPS) is 14.8. The van der Waals surface area contributed by atoms with Crippen LogP contribution in [0, 0.1) is 0 Å². The number of thioether (sulfide) groups is 1. The maximum atomic E-state index is 13.2. The minimum absolute atomic E-state index is 0.134. The summed E-state index contributed by atoms with van der Waals surface area (Å²) in [5.74, 6) is 1.21. The summed E-state index contributed by atoms with van der Waals surface area (Å²) in [7, 11) is 0. The molecule has 1 N–H and O–H groups in total. The number of carbonyl (C=O) groups is 2. The first-order chi connectivity index (χ1) is 18.9. The first kappa shape index (κ1) is 28.2. The number of amides is 2. The predicted molar refractivity (Wildman–Crippen MR) is 159 cm³/mol. The molecule has 1 aliphatic rings. The van der Waals surface area contributed by atoms with Crippen molar-refractivity contribution in [3.8, 4) is 17.2 Å². The van der Waals surface area contributed by atoms with Crippen molar-refractivity contribution >= 4 is 51.9 Å². The van der Waals surface area contributed by atoms with E-state index in [1.807, 2.05) is 57.2 Å². The van der Waals surface area contributed by atoms with Crippen LogP contribution < -0.4 is 19.5 Å². The number of nitrogens with one attached hydrogen (secondary N) is 1. The number of hydrogen-bond acceptors (Lipinski definition) is 7. The predicted octanol–water partition coefficient (Wildman–Crippen LogP) is 6.46. The fourth-order valence-electron chi connectivity index (χ4n) is 3.99. The Balaban J connectivity index is 1.43. The van der Waals surface area contributed by atoms with Gasteiger partial charge in [0.2, 0.25) is 0 Å². The number of nitrogens with zero attached hydrogens (tertiary/aromatic N) is 1. The zero-order valence-corrected chi connectivity index (χ0v) is 23.6. The summed E-state index contributed by atoms with van der Waals surface area (Å²) in [5, 5.41) is 2.80. The van der Waals surface area contributed by atoms with Gasteiger partial charge in [0, 0.05) is 5.69 Å². The van der Waals surface area contributed by atoms with E-state index in [9.17, 15) is 9.59 Å². The van der Waals surface area contributed by atoms with E-state index in [4.69, 9.17) is 26.4 Å². The lowest BCUT2D eigenvalue weighted by atomic mass is 10.1. The van der Waals surface area contributed by atoms with Crippen LogP contribution in [0.15, 0.2) is 77.7 Å². The Hall–Kier alpha value is -3.82. The van der Waals surface area contributed by atoms with Crippen LogP contribution >= 0.6 is 24.0 Å². The first-order valence-corrected chi connectivity index (χ1v) is 13.9. The average molecular weight is 563 g/mol. The van der Waals surface area contributed by atoms with E-state index in [-0.39, 0.29) is 24.5 Å². The molecule has 7 nitrogen and oxygen atoms in total. The van der Waals surface area contributed by atoms with Gasteiger partial charge >= 0.3 is 0 Å². The number of thiocarbonyl (C=S) groups is 1. The van der Waals surface area contributed by atoms with Gasteiger partial charge in [0.15, 0.2) is 18.1 Å². The van der Waals surface area contributed by atoms with Crippen molar-refractivity contribution in [2.75, 3.05) is 25.1 Å². The Labute approximate surface area is 238 Å². The highest BCUT2D eigenvalue weighted by molar-refractivity contribution is 8.26. The van der Waals surface area contributed by atoms with Crippen LogP contribution in [0.3, 0.4) is 0 Å². The Kier molecular flexibility index (Phi) is 9.62. The van der Waals surface area contributed by atoms with Crippen molar-refractivity contribution in [2.24, 2.45) is 0 Å². The third-order valence-electron chi connectivity index (χ3n) is 5.87. The van der Waals surface area contributed by atoms with Crippen LogP contribution in [-0.2, 0) is 9.59 Å². The summed E-state index contributed by atoms with van der Waals surface area (Å²) in [4.78, 5) is 27.9. The highest BCUT2D eigenvalue weighted by atomic mass is 32.2. The van der Waals surface area contributed by atoms with Gasteiger partial charge in [-0.2, -0.15) is 0 Å². The fourth-order valence-corrected chi connectivity index (χ4v) is 5.41. The van der Waals surface area contributed by atoms with Gasteiger partial charge in [-0.05, 0) is 74.4 Å². The van der Waals surface area contributed by atoms with Gasteiger partial charge in [0.05, 0.1) is 24.2 Å². The van der Waals surface area contributed by atoms with Gasteiger partial charge in [-0.1, -0.05) is 60.4 Å². The number of ether oxygens (including phenoxy) is 3. The lowest BCUT2D eigenvalue weighted by Crippen LogP contribution is -2.30. The zero-order chi connectivity index (χ0) is 27.8. The molecule has 0 unspecified atom stereocenters. The number of carbonyl (C=O) groups excluding carboxylic acids is 2. The third-order valence-corrected chi connectivity index (χ3v) is 7.20. The molecule has 0 saturated carbocycles. The van der Waals surface area contributed by atoms with Gasteiger partial charge in [0.1, 0.15) is 10.1 Å². The van der Waals surface area contributed by atoms with Gasteiger partial charge in [-0.15, -0.1) is 0 Å². The molecular formula is C30H30N2O5S2. The van der Waals surface area contributed by atoms with E-state index in [1.54, 1.807) is 47.4 Å². The SMILES string of the molecule is CCOc1ccc(NC(=O)COc2ccc(/C=C3\SC(=S)N([C@@H](C)c4ccccc4)C3=O)cc2OCC)cc1. The molecule has 1 atom stereocenters. The molecule has 202 valence electrons. The lowest BCUT2D eigenvalue weighted by molar-refractivity contribution is -0.123. The molecule has 0 radical (unpaired) electrons. The zero-order valence-electron chi connectivity index (χ0n) is 22.0. The Bertz CT molecular complexity index is 1360. The summed E-state index contributed by atoms with van der Waals surface area (Å²) in [6.45, 7) is 6.54. The van der Waals surface area contributed by atoms with Gasteiger partial charge in [0.25, 0.3) is 11.8 Å². The van der Waals surface area contributed by atoms with Crippen molar-refractivity contribution in [2.45, 2.75) is 26.8 Å². The third kappa shape index (κ3) is 7.19. The fraction of sp³-hybridized carbons (Fsp3) is 0.233. The second-order valence-electron chi connectivity index (χ2n) is 8.57. The smallest absolute Gasteiger partial charge is 0.266 e. The maximum Gasteiger partial charge on any atom is 0.266 e. The Morgan fingerprint density at radius 2 is 1.69 bits per heavy atom. The van der Waals surface area contributed by atoms with Crippen LogP contribution in [-0.4, -0.2) is 40.9 Å². The number of anilines is 1. The van der Waals surface area contributed by atoms with Gasteiger partial charge < -0.3 is 19.5 Å². The molecular weight excluding hydrogens is 532 g/mol. The molecule has 1 heterocycles. The monoisotopic (exact) mass is 562 g/mol. The molecule has 0 aromatic heterocycles. The van der Waals surface area contributed by atoms with Crippen LogP contribution in [0.4, 0.5) is 5.69 Å². The molecule has 1 saturated heterocycles. The second kappa shape index (κ2) is 13.3. The molecule has 1 aliphatic heterocycles. The van der Waals surface area contributed by atoms with Crippen molar-refractivity contribution in [3.63, 3.8) is 0 Å². The van der Waals surface area contributed by atoms with Crippen LogP contribution in [0.1, 0.15) is 37.9 Å². The molecule has 4 rings (SSSR count). The Morgan fingerprint density at radius 3 is 2.38 bits per heavy atom. The number of rotatable bonds is 11. The minimum atomic E-state index is -0.304. The number of hydrogen-bond donors (Lipinski definition) is 1. The quantitative estimate of drug-likeness (QED) is 0.212. The van der Waals surface area contributed by atoms with Crippen LogP contribution in [0.25, 0.3) is 6.08 Å². The van der Waals surface area contributed by atoms with Crippen LogP contribution in [0.2, 0.25) is 0 Å². The summed E-state index contributed by atoms with van der Waals surface area (Å²) >= 11 is 6.82. The molecule has 9 heteroatoms. The van der Waals surface area contributed by atoms with Crippen molar-refractivity contribution in [1.29, 1.82) is 0 Å². The lowest BCUT2D eigenvalue weighted by Gasteiger charge is -2.23. The van der Waals surface area contributed by atoms with Crippen LogP contribution in [0.5, 0.6) is 17.2 Å². The molecule has 1 fully saturated rings. The Morgan fingerprint density at radius 1 is 0.974 bits per heavy atom. The van der Waals surface area contributed by atoms with Crippen molar-refractivity contribution < 1.29 is 23.8 Å². The van der Waals surface area contributed by atoms with E-state index in [0.717, 1.165) is 16.9 Å². The van der Waals surface area contributed by atoms with E-state index >= 15 is 0 Å². The standard InChI is InChI=1S/C30H30N2O5S2/c1-4-35-24-14-12-23(13-15-24)31-28(33)19-37-25-16-11-21(17-26(25)36-5-2)18-27-29(34)32(30(38)39-27)20(3)22-9-7-6-8-10-22/h6-18,20H,4-5,19H2,1-3H3,(H,31,33)/b27-18-/t20-/m0/s1. The summed E-state index contributed by atoms with van der Waals surface area (Å²) in [6.07, 6.45) is 1.79. The van der Waals surface area contributed by atoms with E-state index < -0.39 is 0 Å². The highest BCUT2D eigenvalue weighted by Crippen LogP contribution is 2.39. The summed E-state index contributed by atoms with van der Waals surface area (Å²) < 4.78 is 17.5. The van der Waals surface area contributed by atoms with Gasteiger partial charge in [-0.25, -0.2) is 0 Å². The van der Waals surface area contributed by atoms with Crippen molar-refractivity contribution in [1.82, 2.24) is 4.90 Å². The highest BCUT2D eigenvalue weighted by Gasteiger charge is 2.35. The molecule has 3 aromatic rings.